The standard InChI is InChI=1S/C14H16F3N3O/c15-14(16,17)11-3-1-2-4-12(11)19-13(21)20-7-9-5-18-6-10(9)8-20/h1-4,9-10,18H,5-8H2,(H,19,21)/t9-,10+. The van der Waals surface area contributed by atoms with Gasteiger partial charge >= 0.3 is 12.2 Å². The summed E-state index contributed by atoms with van der Waals surface area (Å²) in [5, 5.41) is 5.65. The number of anilines is 1. The van der Waals surface area contributed by atoms with Gasteiger partial charge in [-0.2, -0.15) is 13.2 Å². The molecule has 2 heterocycles. The topological polar surface area (TPSA) is 44.4 Å². The van der Waals surface area contributed by atoms with Crippen LogP contribution < -0.4 is 10.6 Å². The molecule has 4 nitrogen and oxygen atoms in total. The summed E-state index contributed by atoms with van der Waals surface area (Å²) in [7, 11) is 0. The second kappa shape index (κ2) is 5.22. The fourth-order valence-electron chi connectivity index (χ4n) is 3.05. The Morgan fingerprint density at radius 3 is 2.43 bits per heavy atom. The maximum Gasteiger partial charge on any atom is 0.418 e. The highest BCUT2D eigenvalue weighted by molar-refractivity contribution is 5.90. The molecule has 0 saturated carbocycles. The van der Waals surface area contributed by atoms with Crippen molar-refractivity contribution in [2.45, 2.75) is 6.18 Å². The number of likely N-dealkylation sites (tertiary alicyclic amines) is 1. The lowest BCUT2D eigenvalue weighted by Gasteiger charge is -2.20. The lowest BCUT2D eigenvalue weighted by molar-refractivity contribution is -0.136. The average Bonchev–Trinajstić information content (AvgIpc) is 2.98. The van der Waals surface area contributed by atoms with Crippen LogP contribution in [0, 0.1) is 11.8 Å². The zero-order chi connectivity index (χ0) is 15.0. The number of hydrogen-bond acceptors (Lipinski definition) is 2. The van der Waals surface area contributed by atoms with E-state index < -0.39 is 17.8 Å². The van der Waals surface area contributed by atoms with E-state index in [2.05, 4.69) is 10.6 Å². The van der Waals surface area contributed by atoms with E-state index in [1.807, 2.05) is 0 Å². The van der Waals surface area contributed by atoms with Gasteiger partial charge in [-0.15, -0.1) is 0 Å². The van der Waals surface area contributed by atoms with Gasteiger partial charge in [0.15, 0.2) is 0 Å². The molecule has 0 bridgehead atoms. The van der Waals surface area contributed by atoms with E-state index in [9.17, 15) is 18.0 Å². The van der Waals surface area contributed by atoms with Crippen LogP contribution in [0.1, 0.15) is 5.56 Å². The maximum absolute atomic E-state index is 12.9. The first kappa shape index (κ1) is 14.2. The van der Waals surface area contributed by atoms with Crippen LogP contribution in [0.4, 0.5) is 23.7 Å². The number of alkyl halides is 3. The molecular weight excluding hydrogens is 283 g/mol. The molecule has 2 atom stereocenters. The number of amides is 2. The van der Waals surface area contributed by atoms with E-state index in [0.29, 0.717) is 24.9 Å². The molecule has 2 N–H and O–H groups in total. The fraction of sp³-hybridized carbons (Fsp3) is 0.500. The molecule has 2 amide bonds. The van der Waals surface area contributed by atoms with Crippen LogP contribution in [0.5, 0.6) is 0 Å². The number of carbonyl (C=O) groups is 1. The molecule has 0 spiro atoms. The van der Waals surface area contributed by atoms with Gasteiger partial charge < -0.3 is 15.5 Å². The van der Waals surface area contributed by atoms with Gasteiger partial charge in [-0.05, 0) is 24.0 Å². The lowest BCUT2D eigenvalue weighted by atomic mass is 10.0. The molecule has 1 aromatic rings. The molecule has 1 aromatic carbocycles. The molecule has 2 aliphatic rings. The van der Waals surface area contributed by atoms with Crippen LogP contribution >= 0.6 is 0 Å². The number of para-hydroxylation sites is 1. The summed E-state index contributed by atoms with van der Waals surface area (Å²) in [6.45, 7) is 2.93. The summed E-state index contributed by atoms with van der Waals surface area (Å²) in [6, 6.07) is 4.58. The molecule has 2 fully saturated rings. The first-order chi connectivity index (χ1) is 9.95. The van der Waals surface area contributed by atoms with Crippen molar-refractivity contribution in [3.8, 4) is 0 Å². The maximum atomic E-state index is 12.9. The van der Waals surface area contributed by atoms with Crippen molar-refractivity contribution in [1.29, 1.82) is 0 Å². The quantitative estimate of drug-likeness (QED) is 0.836. The van der Waals surface area contributed by atoms with Crippen LogP contribution in [0.25, 0.3) is 0 Å². The number of carbonyl (C=O) groups excluding carboxylic acids is 1. The molecule has 0 aliphatic carbocycles. The SMILES string of the molecule is O=C(Nc1ccccc1C(F)(F)F)N1C[C@H]2CNC[C@H]2C1. The second-order valence-electron chi connectivity index (χ2n) is 5.56. The first-order valence-electron chi connectivity index (χ1n) is 6.88. The Morgan fingerprint density at radius 2 is 1.81 bits per heavy atom. The third-order valence-corrected chi connectivity index (χ3v) is 4.15. The molecule has 0 aromatic heterocycles. The fourth-order valence-corrected chi connectivity index (χ4v) is 3.05. The number of urea groups is 1. The van der Waals surface area contributed by atoms with Gasteiger partial charge in [0.25, 0.3) is 0 Å². The normalized spacial score (nSPS) is 25.0. The van der Waals surface area contributed by atoms with E-state index in [4.69, 9.17) is 0 Å². The predicted octanol–water partition coefficient (Wildman–Crippen LogP) is 2.39. The van der Waals surface area contributed by atoms with Crippen molar-refractivity contribution < 1.29 is 18.0 Å². The molecule has 2 saturated heterocycles. The summed E-state index contributed by atoms with van der Waals surface area (Å²) in [5.74, 6) is 0.821. The second-order valence-corrected chi connectivity index (χ2v) is 5.56. The highest BCUT2D eigenvalue weighted by atomic mass is 19.4. The van der Waals surface area contributed by atoms with Gasteiger partial charge in [0, 0.05) is 26.2 Å². The Hall–Kier alpha value is -1.76. The monoisotopic (exact) mass is 299 g/mol. The number of fused-ring (bicyclic) bond motifs is 1. The highest BCUT2D eigenvalue weighted by Gasteiger charge is 2.39. The number of rotatable bonds is 1. The predicted molar refractivity (Wildman–Crippen MR) is 71.9 cm³/mol. The zero-order valence-electron chi connectivity index (χ0n) is 11.3. The third-order valence-electron chi connectivity index (χ3n) is 4.15. The van der Waals surface area contributed by atoms with Gasteiger partial charge in [0.2, 0.25) is 0 Å². The Morgan fingerprint density at radius 1 is 1.19 bits per heavy atom. The van der Waals surface area contributed by atoms with Crippen LogP contribution in [0.15, 0.2) is 24.3 Å². The van der Waals surface area contributed by atoms with E-state index >= 15 is 0 Å². The molecule has 0 radical (unpaired) electrons. The van der Waals surface area contributed by atoms with Crippen LogP contribution in [-0.4, -0.2) is 37.1 Å². The molecule has 114 valence electrons. The van der Waals surface area contributed by atoms with E-state index in [1.165, 1.54) is 18.2 Å². The zero-order valence-corrected chi connectivity index (χ0v) is 11.3. The Balaban J connectivity index is 1.71. The van der Waals surface area contributed by atoms with E-state index in [0.717, 1.165) is 19.2 Å². The number of halogens is 3. The van der Waals surface area contributed by atoms with Crippen molar-refractivity contribution in [2.24, 2.45) is 11.8 Å². The summed E-state index contributed by atoms with van der Waals surface area (Å²) < 4.78 is 38.7. The lowest BCUT2D eigenvalue weighted by Crippen LogP contribution is -2.35. The first-order valence-corrected chi connectivity index (χ1v) is 6.88. The van der Waals surface area contributed by atoms with Crippen molar-refractivity contribution in [3.05, 3.63) is 29.8 Å². The van der Waals surface area contributed by atoms with Gasteiger partial charge in [-0.25, -0.2) is 4.79 Å². The number of nitrogens with zero attached hydrogens (tertiary/aromatic N) is 1. The summed E-state index contributed by atoms with van der Waals surface area (Å²) in [6.07, 6.45) is -4.48. The average molecular weight is 299 g/mol. The number of hydrogen-bond donors (Lipinski definition) is 2. The van der Waals surface area contributed by atoms with E-state index in [1.54, 1.807) is 4.90 Å². The van der Waals surface area contributed by atoms with Gasteiger partial charge in [-0.3, -0.25) is 0 Å². The minimum Gasteiger partial charge on any atom is -0.324 e. The number of benzene rings is 1. The van der Waals surface area contributed by atoms with Crippen molar-refractivity contribution >= 4 is 11.7 Å². The van der Waals surface area contributed by atoms with Crippen LogP contribution in [-0.2, 0) is 6.18 Å². The van der Waals surface area contributed by atoms with E-state index in [-0.39, 0.29) is 5.69 Å². The molecule has 3 rings (SSSR count). The summed E-state index contributed by atoms with van der Waals surface area (Å²) in [5.41, 5.74) is -1.01. The Labute approximate surface area is 120 Å². The molecular formula is C14H16F3N3O. The van der Waals surface area contributed by atoms with Gasteiger partial charge in [-0.1, -0.05) is 12.1 Å². The smallest absolute Gasteiger partial charge is 0.324 e. The van der Waals surface area contributed by atoms with Crippen molar-refractivity contribution in [3.63, 3.8) is 0 Å². The number of nitrogens with one attached hydrogen (secondary N) is 2. The summed E-state index contributed by atoms with van der Waals surface area (Å²) >= 11 is 0. The Bertz CT molecular complexity index is 535. The highest BCUT2D eigenvalue weighted by Crippen LogP contribution is 2.35. The van der Waals surface area contributed by atoms with Gasteiger partial charge in [0.1, 0.15) is 0 Å². The van der Waals surface area contributed by atoms with Crippen LogP contribution in [0.3, 0.4) is 0 Å². The minimum atomic E-state index is -4.48. The largest absolute Gasteiger partial charge is 0.418 e. The Kier molecular flexibility index (Phi) is 3.52. The molecule has 21 heavy (non-hydrogen) atoms. The van der Waals surface area contributed by atoms with Crippen molar-refractivity contribution in [2.75, 3.05) is 31.5 Å². The third kappa shape index (κ3) is 2.83. The van der Waals surface area contributed by atoms with Gasteiger partial charge in [0.05, 0.1) is 11.3 Å². The molecule has 7 heteroatoms. The minimum absolute atomic E-state index is 0.190. The molecule has 2 aliphatic heterocycles. The molecule has 0 unspecified atom stereocenters. The van der Waals surface area contributed by atoms with Crippen LogP contribution in [0.2, 0.25) is 0 Å². The van der Waals surface area contributed by atoms with Crippen molar-refractivity contribution in [1.82, 2.24) is 10.2 Å². The summed E-state index contributed by atoms with van der Waals surface area (Å²) in [4.78, 5) is 13.8.